The van der Waals surface area contributed by atoms with Crippen LogP contribution in [-0.4, -0.2) is 28.0 Å². The Balaban J connectivity index is 1.94. The monoisotopic (exact) mass is 238 g/mol. The van der Waals surface area contributed by atoms with Crippen LogP contribution in [0.15, 0.2) is 23.4 Å². The third-order valence-corrected chi connectivity index (χ3v) is 4.45. The van der Waals surface area contributed by atoms with Gasteiger partial charge in [0.15, 0.2) is 0 Å². The molecule has 0 aromatic carbocycles. The Bertz CT molecular complexity index is 358. The molecule has 2 heterocycles. The maximum absolute atomic E-state index is 12.1. The molecule has 0 saturated carbocycles. The van der Waals surface area contributed by atoms with Crippen LogP contribution >= 0.6 is 0 Å². The first kappa shape index (κ1) is 11.7. The van der Waals surface area contributed by atoms with Crippen LogP contribution in [0, 0.1) is 12.8 Å². The molecular weight excluding hydrogens is 220 g/mol. The largest absolute Gasteiger partial charge is 0.317 e. The highest BCUT2D eigenvalue weighted by Crippen LogP contribution is 2.16. The summed E-state index contributed by atoms with van der Waals surface area (Å²) in [6.45, 7) is 4.11. The van der Waals surface area contributed by atoms with E-state index in [2.05, 4.69) is 10.3 Å². The molecule has 1 fully saturated rings. The second-order valence-corrected chi connectivity index (χ2v) is 5.82. The highest BCUT2D eigenvalue weighted by atomic mass is 32.2. The summed E-state index contributed by atoms with van der Waals surface area (Å²) in [5.74, 6) is 1.35. The summed E-state index contributed by atoms with van der Waals surface area (Å²) in [5.41, 5.74) is 1.11. The van der Waals surface area contributed by atoms with E-state index >= 15 is 0 Å². The van der Waals surface area contributed by atoms with Crippen LogP contribution in [0.5, 0.6) is 0 Å². The molecule has 1 saturated heterocycles. The molecule has 1 atom stereocenters. The average molecular weight is 238 g/mol. The van der Waals surface area contributed by atoms with Crippen LogP contribution in [0.2, 0.25) is 0 Å². The van der Waals surface area contributed by atoms with Crippen molar-refractivity contribution in [2.24, 2.45) is 5.92 Å². The molecule has 3 nitrogen and oxygen atoms in total. The van der Waals surface area contributed by atoms with Crippen molar-refractivity contribution < 1.29 is 4.21 Å². The van der Waals surface area contributed by atoms with Crippen LogP contribution in [-0.2, 0) is 10.8 Å². The fraction of sp³-hybridized carbons (Fsp3) is 0.583. The molecule has 0 unspecified atom stereocenters. The molecule has 0 amide bonds. The molecule has 1 aliphatic heterocycles. The van der Waals surface area contributed by atoms with Gasteiger partial charge >= 0.3 is 0 Å². The molecule has 16 heavy (non-hydrogen) atoms. The lowest BCUT2D eigenvalue weighted by molar-refractivity contribution is 0.405. The molecule has 0 spiro atoms. The number of rotatable bonds is 3. The van der Waals surface area contributed by atoms with Crippen molar-refractivity contribution in [1.82, 2.24) is 10.3 Å². The summed E-state index contributed by atoms with van der Waals surface area (Å²) >= 11 is 0. The maximum atomic E-state index is 12.1. The minimum atomic E-state index is -0.928. The van der Waals surface area contributed by atoms with Crippen LogP contribution in [0.4, 0.5) is 0 Å². The summed E-state index contributed by atoms with van der Waals surface area (Å²) in [5, 5.41) is 4.05. The number of piperidine rings is 1. The second kappa shape index (κ2) is 5.55. The van der Waals surface area contributed by atoms with Gasteiger partial charge in [-0.25, -0.2) is 4.98 Å². The number of hydrogen-bond acceptors (Lipinski definition) is 3. The molecule has 1 N–H and O–H groups in total. The normalized spacial score (nSPS) is 19.6. The lowest BCUT2D eigenvalue weighted by atomic mass is 10.0. The third kappa shape index (κ3) is 3.12. The zero-order chi connectivity index (χ0) is 11.4. The second-order valence-electron chi connectivity index (χ2n) is 4.38. The van der Waals surface area contributed by atoms with E-state index in [1.807, 2.05) is 19.1 Å². The van der Waals surface area contributed by atoms with Crippen molar-refractivity contribution in [2.45, 2.75) is 24.8 Å². The van der Waals surface area contributed by atoms with Gasteiger partial charge in [0.05, 0.1) is 10.8 Å². The van der Waals surface area contributed by atoms with E-state index in [0.717, 1.165) is 42.3 Å². The number of pyridine rings is 1. The fourth-order valence-electron chi connectivity index (χ4n) is 1.94. The summed E-state index contributed by atoms with van der Waals surface area (Å²) in [6.07, 6.45) is 4.06. The predicted molar refractivity (Wildman–Crippen MR) is 65.8 cm³/mol. The zero-order valence-corrected chi connectivity index (χ0v) is 10.4. The SMILES string of the molecule is Cc1ccc([S@](=O)CC2CCNCC2)nc1. The van der Waals surface area contributed by atoms with Gasteiger partial charge in [-0.05, 0) is 50.4 Å². The van der Waals surface area contributed by atoms with Crippen LogP contribution < -0.4 is 5.32 Å². The van der Waals surface area contributed by atoms with Gasteiger partial charge in [0.1, 0.15) is 5.03 Å². The van der Waals surface area contributed by atoms with E-state index in [1.165, 1.54) is 0 Å². The molecule has 88 valence electrons. The van der Waals surface area contributed by atoms with Gasteiger partial charge < -0.3 is 5.32 Å². The van der Waals surface area contributed by atoms with E-state index in [0.29, 0.717) is 5.92 Å². The van der Waals surface area contributed by atoms with Crippen LogP contribution in [0.3, 0.4) is 0 Å². The highest BCUT2D eigenvalue weighted by molar-refractivity contribution is 7.84. The average Bonchev–Trinajstić information content (AvgIpc) is 2.31. The predicted octanol–water partition coefficient (Wildman–Crippen LogP) is 1.50. The van der Waals surface area contributed by atoms with Gasteiger partial charge in [-0.15, -0.1) is 0 Å². The fourth-order valence-corrected chi connectivity index (χ4v) is 3.26. The van der Waals surface area contributed by atoms with Crippen molar-refractivity contribution >= 4 is 10.8 Å². The molecule has 2 rings (SSSR count). The summed E-state index contributed by atoms with van der Waals surface area (Å²) < 4.78 is 12.1. The Morgan fingerprint density at radius 1 is 1.44 bits per heavy atom. The molecule has 4 heteroatoms. The number of aryl methyl sites for hydroxylation is 1. The first-order valence-corrected chi connectivity index (χ1v) is 7.09. The van der Waals surface area contributed by atoms with Gasteiger partial charge in [0.2, 0.25) is 0 Å². The number of aromatic nitrogens is 1. The number of nitrogens with zero attached hydrogens (tertiary/aromatic N) is 1. The van der Waals surface area contributed by atoms with E-state index in [9.17, 15) is 4.21 Å². The quantitative estimate of drug-likeness (QED) is 0.867. The van der Waals surface area contributed by atoms with E-state index in [-0.39, 0.29) is 0 Å². The van der Waals surface area contributed by atoms with Crippen LogP contribution in [0.25, 0.3) is 0 Å². The first-order chi connectivity index (χ1) is 7.75. The highest BCUT2D eigenvalue weighted by Gasteiger charge is 2.17. The van der Waals surface area contributed by atoms with E-state index in [1.54, 1.807) is 6.20 Å². The Labute approximate surface area is 99.1 Å². The molecule has 1 aromatic rings. The Hall–Kier alpha value is -0.740. The molecule has 0 bridgehead atoms. The molecule has 0 radical (unpaired) electrons. The van der Waals surface area contributed by atoms with Gasteiger partial charge in [-0.3, -0.25) is 4.21 Å². The van der Waals surface area contributed by atoms with Gasteiger partial charge in [-0.2, -0.15) is 0 Å². The van der Waals surface area contributed by atoms with Crippen molar-refractivity contribution in [3.63, 3.8) is 0 Å². The number of hydrogen-bond donors (Lipinski definition) is 1. The molecule has 1 aromatic heterocycles. The molecule has 0 aliphatic carbocycles. The zero-order valence-electron chi connectivity index (χ0n) is 9.61. The molecular formula is C12H18N2OS. The minimum absolute atomic E-state index is 0.588. The third-order valence-electron chi connectivity index (χ3n) is 2.96. The van der Waals surface area contributed by atoms with Gasteiger partial charge in [0.25, 0.3) is 0 Å². The van der Waals surface area contributed by atoms with Crippen molar-refractivity contribution in [1.29, 1.82) is 0 Å². The maximum Gasteiger partial charge on any atom is 0.127 e. The van der Waals surface area contributed by atoms with Crippen molar-refractivity contribution in [3.05, 3.63) is 23.9 Å². The van der Waals surface area contributed by atoms with Crippen LogP contribution in [0.1, 0.15) is 18.4 Å². The van der Waals surface area contributed by atoms with Crippen molar-refractivity contribution in [3.8, 4) is 0 Å². The smallest absolute Gasteiger partial charge is 0.127 e. The van der Waals surface area contributed by atoms with Crippen molar-refractivity contribution in [2.75, 3.05) is 18.8 Å². The standard InChI is InChI=1S/C12H18N2OS/c1-10-2-3-12(14-8-10)16(15)9-11-4-6-13-7-5-11/h2-3,8,11,13H,4-7,9H2,1H3/t16-/m1/s1. The summed E-state index contributed by atoms with van der Waals surface area (Å²) in [7, 11) is -0.928. The Morgan fingerprint density at radius 3 is 2.81 bits per heavy atom. The van der Waals surface area contributed by atoms with E-state index < -0.39 is 10.8 Å². The van der Waals surface area contributed by atoms with E-state index in [4.69, 9.17) is 0 Å². The topological polar surface area (TPSA) is 42.0 Å². The van der Waals surface area contributed by atoms with Gasteiger partial charge in [0, 0.05) is 11.9 Å². The Kier molecular flexibility index (Phi) is 4.07. The first-order valence-electron chi connectivity index (χ1n) is 5.77. The van der Waals surface area contributed by atoms with Gasteiger partial charge in [-0.1, -0.05) is 6.07 Å². The molecule has 1 aliphatic rings. The minimum Gasteiger partial charge on any atom is -0.317 e. The number of nitrogens with one attached hydrogen (secondary N) is 1. The Morgan fingerprint density at radius 2 is 2.19 bits per heavy atom. The lowest BCUT2D eigenvalue weighted by Gasteiger charge is -2.21. The summed E-state index contributed by atoms with van der Waals surface area (Å²) in [6, 6.07) is 3.86. The lowest BCUT2D eigenvalue weighted by Crippen LogP contribution is -2.30. The summed E-state index contributed by atoms with van der Waals surface area (Å²) in [4.78, 5) is 4.23.